The predicted molar refractivity (Wildman–Crippen MR) is 84.8 cm³/mol. The summed E-state index contributed by atoms with van der Waals surface area (Å²) in [5.74, 6) is 0.551. The second-order valence-corrected chi connectivity index (χ2v) is 8.71. The molecule has 0 radical (unpaired) electrons. The summed E-state index contributed by atoms with van der Waals surface area (Å²) in [6.07, 6.45) is 9.01. The normalized spacial score (nSPS) is 35.1. The second kappa shape index (κ2) is 7.07. The Labute approximate surface area is 130 Å². The number of hydrogen-bond acceptors (Lipinski definition) is 4. The van der Waals surface area contributed by atoms with Crippen LogP contribution in [0.1, 0.15) is 58.3 Å². The van der Waals surface area contributed by atoms with Gasteiger partial charge in [-0.15, -0.1) is 0 Å². The zero-order chi connectivity index (χ0) is 14.7. The summed E-state index contributed by atoms with van der Waals surface area (Å²) in [7, 11) is -0.628. The molecule has 122 valence electrons. The Morgan fingerprint density at radius 2 is 1.81 bits per heavy atom. The molecule has 3 rings (SSSR count). The Hall–Kier alpha value is 0.0300. The lowest BCUT2D eigenvalue weighted by Crippen LogP contribution is -2.47. The van der Waals surface area contributed by atoms with Crippen LogP contribution in [0.2, 0.25) is 0 Å². The van der Waals surface area contributed by atoms with Crippen molar-refractivity contribution in [2.45, 2.75) is 81.4 Å². The molecule has 0 aromatic heterocycles. The lowest BCUT2D eigenvalue weighted by molar-refractivity contribution is -0.179. The van der Waals surface area contributed by atoms with E-state index in [-0.39, 0.29) is 5.79 Å². The fourth-order valence-electron chi connectivity index (χ4n) is 4.11. The molecule has 3 aliphatic rings. The van der Waals surface area contributed by atoms with Crippen LogP contribution < -0.4 is 5.32 Å². The van der Waals surface area contributed by atoms with Gasteiger partial charge < -0.3 is 14.8 Å². The van der Waals surface area contributed by atoms with Crippen LogP contribution >= 0.6 is 0 Å². The van der Waals surface area contributed by atoms with Crippen LogP contribution in [0.15, 0.2) is 0 Å². The summed E-state index contributed by atoms with van der Waals surface area (Å²) in [6.45, 7) is 3.55. The standard InChI is InChI=1S/C16H29NO3S/c1-2-21(18)15-5-3-4-14(12-15)17-13-6-8-16(9-7-13)19-10-11-20-16/h13-15,17H,2-12H2,1H3/t14-,15-,21+/m1/s1. The van der Waals surface area contributed by atoms with Gasteiger partial charge in [-0.3, -0.25) is 4.21 Å². The van der Waals surface area contributed by atoms with E-state index in [4.69, 9.17) is 9.47 Å². The van der Waals surface area contributed by atoms with Crippen molar-refractivity contribution in [3.05, 3.63) is 0 Å². The highest BCUT2D eigenvalue weighted by molar-refractivity contribution is 7.85. The molecule has 0 aromatic carbocycles. The highest BCUT2D eigenvalue weighted by Gasteiger charge is 2.40. The molecule has 1 saturated heterocycles. The molecule has 1 aliphatic heterocycles. The molecule has 0 aromatic rings. The van der Waals surface area contributed by atoms with E-state index >= 15 is 0 Å². The second-order valence-electron chi connectivity index (χ2n) is 6.70. The third-order valence-corrected chi connectivity index (χ3v) is 7.06. The summed E-state index contributed by atoms with van der Waals surface area (Å²) in [4.78, 5) is 0. The third kappa shape index (κ3) is 3.87. The maximum absolute atomic E-state index is 12.0. The summed E-state index contributed by atoms with van der Waals surface area (Å²) in [6, 6.07) is 1.14. The summed E-state index contributed by atoms with van der Waals surface area (Å²) < 4.78 is 23.6. The summed E-state index contributed by atoms with van der Waals surface area (Å²) in [5.41, 5.74) is 0. The van der Waals surface area contributed by atoms with Gasteiger partial charge in [-0.25, -0.2) is 0 Å². The molecule has 0 bridgehead atoms. The van der Waals surface area contributed by atoms with Crippen molar-refractivity contribution in [3.8, 4) is 0 Å². The molecule has 1 spiro atoms. The maximum Gasteiger partial charge on any atom is 0.168 e. The van der Waals surface area contributed by atoms with E-state index in [1.807, 2.05) is 6.92 Å². The van der Waals surface area contributed by atoms with Crippen LogP contribution in [0.3, 0.4) is 0 Å². The van der Waals surface area contributed by atoms with Gasteiger partial charge in [-0.05, 0) is 32.1 Å². The molecular formula is C16H29NO3S. The van der Waals surface area contributed by atoms with Crippen LogP contribution in [0.5, 0.6) is 0 Å². The van der Waals surface area contributed by atoms with Crippen LogP contribution in [0.4, 0.5) is 0 Å². The molecule has 0 unspecified atom stereocenters. The van der Waals surface area contributed by atoms with Crippen molar-refractivity contribution in [1.82, 2.24) is 5.32 Å². The van der Waals surface area contributed by atoms with Crippen molar-refractivity contribution >= 4 is 10.8 Å². The molecule has 2 aliphatic carbocycles. The van der Waals surface area contributed by atoms with Gasteiger partial charge in [-0.1, -0.05) is 13.3 Å². The van der Waals surface area contributed by atoms with Gasteiger partial charge in [0.1, 0.15) is 0 Å². The SMILES string of the molecule is CC[S@](=O)[C@@H]1CCC[C@@H](NC2CCC3(CC2)OCCO3)C1. The average Bonchev–Trinajstić information content (AvgIpc) is 2.98. The summed E-state index contributed by atoms with van der Waals surface area (Å²) in [5, 5.41) is 4.24. The molecule has 3 fully saturated rings. The maximum atomic E-state index is 12.0. The Kier molecular flexibility index (Phi) is 5.36. The van der Waals surface area contributed by atoms with Crippen LogP contribution in [0, 0.1) is 0 Å². The molecule has 1 N–H and O–H groups in total. The number of ether oxygens (including phenoxy) is 2. The zero-order valence-electron chi connectivity index (χ0n) is 13.1. The zero-order valence-corrected chi connectivity index (χ0v) is 14.0. The van der Waals surface area contributed by atoms with Crippen LogP contribution in [-0.4, -0.2) is 46.3 Å². The van der Waals surface area contributed by atoms with Gasteiger partial charge in [0.05, 0.1) is 13.2 Å². The molecule has 5 heteroatoms. The monoisotopic (exact) mass is 315 g/mol. The topological polar surface area (TPSA) is 47.6 Å². The Bertz CT molecular complexity index is 361. The average molecular weight is 315 g/mol. The van der Waals surface area contributed by atoms with Crippen molar-refractivity contribution in [2.75, 3.05) is 19.0 Å². The van der Waals surface area contributed by atoms with E-state index in [1.165, 1.54) is 12.8 Å². The van der Waals surface area contributed by atoms with Gasteiger partial charge >= 0.3 is 0 Å². The Morgan fingerprint density at radius 3 is 2.48 bits per heavy atom. The van der Waals surface area contributed by atoms with Crippen LogP contribution in [0.25, 0.3) is 0 Å². The number of nitrogens with one attached hydrogen (secondary N) is 1. The molecule has 3 atom stereocenters. The fourth-order valence-corrected chi connectivity index (χ4v) is 5.46. The van der Waals surface area contributed by atoms with Crippen molar-refractivity contribution in [2.24, 2.45) is 0 Å². The first-order valence-corrected chi connectivity index (χ1v) is 10.00. The largest absolute Gasteiger partial charge is 0.348 e. The van der Waals surface area contributed by atoms with Gasteiger partial charge in [0.15, 0.2) is 5.79 Å². The number of hydrogen-bond donors (Lipinski definition) is 1. The Morgan fingerprint density at radius 1 is 1.10 bits per heavy atom. The van der Waals surface area contributed by atoms with E-state index in [0.29, 0.717) is 17.3 Å². The first kappa shape index (κ1) is 15.9. The first-order chi connectivity index (χ1) is 10.2. The minimum atomic E-state index is -0.628. The first-order valence-electron chi connectivity index (χ1n) is 8.62. The molecule has 1 heterocycles. The lowest BCUT2D eigenvalue weighted by atomic mass is 9.87. The van der Waals surface area contributed by atoms with Gasteiger partial charge in [-0.2, -0.15) is 0 Å². The summed E-state index contributed by atoms with van der Waals surface area (Å²) >= 11 is 0. The van der Waals surface area contributed by atoms with Crippen molar-refractivity contribution in [1.29, 1.82) is 0 Å². The van der Waals surface area contributed by atoms with Crippen LogP contribution in [-0.2, 0) is 20.3 Å². The lowest BCUT2D eigenvalue weighted by Gasteiger charge is -2.38. The fraction of sp³-hybridized carbons (Fsp3) is 1.00. The smallest absolute Gasteiger partial charge is 0.168 e. The van der Waals surface area contributed by atoms with E-state index in [0.717, 1.165) is 57.5 Å². The van der Waals surface area contributed by atoms with Crippen molar-refractivity contribution in [3.63, 3.8) is 0 Å². The molecule has 4 nitrogen and oxygen atoms in total. The van der Waals surface area contributed by atoms with Crippen molar-refractivity contribution < 1.29 is 13.7 Å². The minimum Gasteiger partial charge on any atom is -0.348 e. The van der Waals surface area contributed by atoms with E-state index in [1.54, 1.807) is 0 Å². The van der Waals surface area contributed by atoms with E-state index < -0.39 is 10.8 Å². The minimum absolute atomic E-state index is 0.253. The van der Waals surface area contributed by atoms with Gasteiger partial charge in [0, 0.05) is 46.7 Å². The highest BCUT2D eigenvalue weighted by atomic mass is 32.2. The van der Waals surface area contributed by atoms with Gasteiger partial charge in [0.2, 0.25) is 0 Å². The number of rotatable bonds is 4. The third-order valence-electron chi connectivity index (χ3n) is 5.31. The van der Waals surface area contributed by atoms with Gasteiger partial charge in [0.25, 0.3) is 0 Å². The Balaban J connectivity index is 1.45. The van der Waals surface area contributed by atoms with E-state index in [9.17, 15) is 4.21 Å². The molecule has 0 amide bonds. The highest BCUT2D eigenvalue weighted by Crippen LogP contribution is 2.36. The van der Waals surface area contributed by atoms with E-state index in [2.05, 4.69) is 5.32 Å². The molecular weight excluding hydrogens is 286 g/mol. The molecule has 21 heavy (non-hydrogen) atoms. The predicted octanol–water partition coefficient (Wildman–Crippen LogP) is 2.34. The quantitative estimate of drug-likeness (QED) is 0.865. The molecule has 2 saturated carbocycles.